The lowest BCUT2D eigenvalue weighted by molar-refractivity contribution is -0.161. The van der Waals surface area contributed by atoms with E-state index in [0.717, 1.165) is 122 Å². The second kappa shape index (κ2) is 80.9. The zero-order valence-electron chi connectivity index (χ0n) is 68.1. The second-order valence-electron chi connectivity index (χ2n) is 27.0. The highest BCUT2D eigenvalue weighted by molar-refractivity contribution is 7.47. The Morgan fingerprint density at radius 3 is 0.755 bits per heavy atom. The molecule has 0 aliphatic heterocycles. The van der Waals surface area contributed by atoms with E-state index >= 15 is 0 Å². The van der Waals surface area contributed by atoms with Crippen LogP contribution in [0, 0.1) is 0 Å². The third-order valence-electron chi connectivity index (χ3n) is 16.5. The first-order valence-corrected chi connectivity index (χ1v) is 44.7. The first kappa shape index (κ1) is 104. The van der Waals surface area contributed by atoms with Crippen LogP contribution in [0.2, 0.25) is 0 Å². The average Bonchev–Trinajstić information content (AvgIpc) is 0.906. The number of phosphoric ester groups is 2. The van der Waals surface area contributed by atoms with E-state index in [-0.39, 0.29) is 25.7 Å². The van der Waals surface area contributed by atoms with Gasteiger partial charge in [-0.25, -0.2) is 9.13 Å². The Hall–Kier alpha value is -6.10. The summed E-state index contributed by atoms with van der Waals surface area (Å²) in [6, 6.07) is 0. The number of carbonyl (C=O) groups excluding carboxylic acids is 4. The molecule has 0 bridgehead atoms. The third kappa shape index (κ3) is 80.0. The van der Waals surface area contributed by atoms with Gasteiger partial charge in [-0.2, -0.15) is 0 Å². The van der Waals surface area contributed by atoms with Gasteiger partial charge in [0.2, 0.25) is 0 Å². The molecule has 622 valence electrons. The van der Waals surface area contributed by atoms with E-state index in [0.29, 0.717) is 44.9 Å². The van der Waals surface area contributed by atoms with Crippen LogP contribution in [0.3, 0.4) is 0 Å². The number of allylic oxidation sites excluding steroid dienone is 32. The summed E-state index contributed by atoms with van der Waals surface area (Å²) in [7, 11) is -10.0. The summed E-state index contributed by atoms with van der Waals surface area (Å²) in [6.07, 6.45) is 100. The Labute approximate surface area is 666 Å². The van der Waals surface area contributed by atoms with Crippen molar-refractivity contribution >= 4 is 39.5 Å². The van der Waals surface area contributed by atoms with Crippen LogP contribution < -0.4 is 0 Å². The predicted molar refractivity (Wildman–Crippen MR) is 454 cm³/mol. The molecule has 0 radical (unpaired) electrons. The topological polar surface area (TPSA) is 237 Å². The van der Waals surface area contributed by atoms with E-state index in [1.54, 1.807) is 0 Å². The number of rotatable bonds is 76. The van der Waals surface area contributed by atoms with E-state index < -0.39 is 97.5 Å². The molecule has 2 unspecified atom stereocenters. The predicted octanol–water partition coefficient (Wildman–Crippen LogP) is 24.9. The van der Waals surface area contributed by atoms with Crippen molar-refractivity contribution in [2.24, 2.45) is 0 Å². The van der Waals surface area contributed by atoms with E-state index in [1.165, 1.54) is 77.0 Å². The summed E-state index contributed by atoms with van der Waals surface area (Å²) >= 11 is 0. The number of ether oxygens (including phenoxy) is 4. The fourth-order valence-electron chi connectivity index (χ4n) is 10.1. The first-order chi connectivity index (χ1) is 53.7. The summed E-state index contributed by atoms with van der Waals surface area (Å²) in [6.45, 7) is 4.50. The second-order valence-corrected chi connectivity index (χ2v) is 29.9. The summed E-state index contributed by atoms with van der Waals surface area (Å²) < 4.78 is 68.5. The van der Waals surface area contributed by atoms with Crippen LogP contribution in [-0.2, 0) is 65.4 Å². The van der Waals surface area contributed by atoms with Gasteiger partial charge in [0.15, 0.2) is 12.2 Å². The Morgan fingerprint density at radius 1 is 0.255 bits per heavy atom. The van der Waals surface area contributed by atoms with Gasteiger partial charge in [0.25, 0.3) is 0 Å². The van der Waals surface area contributed by atoms with Gasteiger partial charge in [-0.1, -0.05) is 293 Å². The third-order valence-corrected chi connectivity index (χ3v) is 18.4. The number of unbranched alkanes of at least 4 members (excludes halogenated alkanes) is 18. The fourth-order valence-corrected chi connectivity index (χ4v) is 11.7. The van der Waals surface area contributed by atoms with Gasteiger partial charge >= 0.3 is 39.5 Å². The molecule has 0 saturated heterocycles. The molecule has 0 aromatic rings. The van der Waals surface area contributed by atoms with Crippen molar-refractivity contribution in [1.82, 2.24) is 0 Å². The van der Waals surface area contributed by atoms with Crippen LogP contribution in [0.5, 0.6) is 0 Å². The van der Waals surface area contributed by atoms with Crippen molar-refractivity contribution < 1.29 is 80.2 Å². The number of aliphatic hydroxyl groups is 1. The van der Waals surface area contributed by atoms with Gasteiger partial charge < -0.3 is 33.8 Å². The van der Waals surface area contributed by atoms with Gasteiger partial charge in [-0.3, -0.25) is 37.3 Å². The van der Waals surface area contributed by atoms with Crippen molar-refractivity contribution in [2.75, 3.05) is 39.6 Å². The summed E-state index contributed by atoms with van der Waals surface area (Å²) in [5.41, 5.74) is 0. The molecule has 5 atom stereocenters. The molecule has 0 aromatic heterocycles. The maximum Gasteiger partial charge on any atom is 0.472 e. The highest BCUT2D eigenvalue weighted by Gasteiger charge is 2.30. The summed E-state index contributed by atoms with van der Waals surface area (Å²) in [5.74, 6) is -2.47. The molecule has 0 spiro atoms. The minimum absolute atomic E-state index is 0.00606. The molecule has 0 aromatic carbocycles. The molecule has 17 nitrogen and oxygen atoms in total. The molecule has 19 heteroatoms. The Kier molecular flexibility index (Phi) is 76.4. The SMILES string of the molecule is CCCCC/C=C\C/C=C\C/C=C\C/C=C\C/C=C\CCC(=O)OC[C@H](COP(=O)(O)OC[C@@H](O)COP(=O)(O)OC[C@@H](COC(=O)CC/C=C\C/C=C\C/C=C\C/C=C\C/C=C\CCCCC)OC(=O)CCCCCCC/C=C\C/C=C\CCCCC)OC(=O)CCC/C=C\C/C=C\C/C=C\C/C=C\CCCCC. The van der Waals surface area contributed by atoms with Crippen LogP contribution in [0.25, 0.3) is 0 Å². The minimum atomic E-state index is -5.03. The van der Waals surface area contributed by atoms with Crippen molar-refractivity contribution in [3.05, 3.63) is 194 Å². The number of hydrogen-bond donors (Lipinski definition) is 3. The molecule has 0 aliphatic rings. The highest BCUT2D eigenvalue weighted by atomic mass is 31.2. The Morgan fingerprint density at radius 2 is 0.473 bits per heavy atom. The average molecular weight is 1570 g/mol. The molecular formula is C91H146O17P2. The standard InChI is InChI=1S/C91H146O17P2/c1-5-9-13-17-21-25-29-33-37-40-42-45-48-51-55-59-63-67-71-75-88(93)101-81-86(107-90(95)77-73-69-65-61-57-53-47-36-32-28-24-20-16-12-8-4)83-105-109(97,98)103-79-85(92)80-104-110(99,100)106-84-87(108-91(96)78-74-70-66-62-58-54-50-44-39-35-31-27-23-19-15-11-7-3)82-102-89(94)76-72-68-64-60-56-52-49-46-43-41-38-34-30-26-22-18-14-10-6-2/h21-28,33-39,42-43,45-47,50-52,54-56,62-64,66-68,85-87,92H,5-20,29-32,40-41,44,48-49,53,57-61,65,69-84H2,1-4H3,(H,97,98)(H,99,100)/b25-21-,26-22-,27-23-,28-24-,37-33-,38-34-,39-35-,45-42-,46-43-,47-36-,54-50-,55-51-,56-52-,66-62-,67-63-,68-64-/t85-,86+,87+/m0/s1. The summed E-state index contributed by atoms with van der Waals surface area (Å²) in [5, 5.41) is 10.7. The van der Waals surface area contributed by atoms with Crippen LogP contribution in [0.4, 0.5) is 0 Å². The lowest BCUT2D eigenvalue weighted by atomic mass is 10.1. The zero-order chi connectivity index (χ0) is 80.3. The van der Waals surface area contributed by atoms with Crippen LogP contribution >= 0.6 is 15.6 Å². The summed E-state index contributed by atoms with van der Waals surface area (Å²) in [4.78, 5) is 73.1. The molecule has 0 saturated carbocycles. The lowest BCUT2D eigenvalue weighted by Gasteiger charge is -2.21. The quantitative estimate of drug-likeness (QED) is 0.0169. The van der Waals surface area contributed by atoms with Gasteiger partial charge in [0.1, 0.15) is 19.3 Å². The van der Waals surface area contributed by atoms with Crippen molar-refractivity contribution in [3.63, 3.8) is 0 Å². The molecule has 0 aliphatic carbocycles. The largest absolute Gasteiger partial charge is 0.472 e. The number of phosphoric acid groups is 2. The van der Waals surface area contributed by atoms with E-state index in [9.17, 15) is 43.2 Å². The Balaban J connectivity index is 5.58. The van der Waals surface area contributed by atoms with Gasteiger partial charge in [0, 0.05) is 25.7 Å². The van der Waals surface area contributed by atoms with Crippen molar-refractivity contribution in [2.45, 2.75) is 316 Å². The zero-order valence-corrected chi connectivity index (χ0v) is 69.9. The highest BCUT2D eigenvalue weighted by Crippen LogP contribution is 2.45. The molecule has 3 N–H and O–H groups in total. The maximum absolute atomic E-state index is 13.1. The van der Waals surface area contributed by atoms with E-state index in [4.69, 9.17) is 37.0 Å². The molecule has 0 amide bonds. The van der Waals surface area contributed by atoms with Gasteiger partial charge in [-0.15, -0.1) is 0 Å². The van der Waals surface area contributed by atoms with Crippen LogP contribution in [0.15, 0.2) is 194 Å². The molecule has 0 heterocycles. The van der Waals surface area contributed by atoms with Gasteiger partial charge in [-0.05, 0) is 173 Å². The fraction of sp³-hybridized carbons (Fsp3) is 0.604. The van der Waals surface area contributed by atoms with Crippen molar-refractivity contribution in [1.29, 1.82) is 0 Å². The maximum atomic E-state index is 13.1. The van der Waals surface area contributed by atoms with Gasteiger partial charge in [0.05, 0.1) is 26.4 Å². The number of esters is 4. The van der Waals surface area contributed by atoms with E-state index in [1.807, 2.05) is 48.6 Å². The van der Waals surface area contributed by atoms with Crippen molar-refractivity contribution in [3.8, 4) is 0 Å². The number of hydrogen-bond acceptors (Lipinski definition) is 15. The molecule has 0 rings (SSSR count). The Bertz CT molecular complexity index is 2850. The lowest BCUT2D eigenvalue weighted by Crippen LogP contribution is -2.30. The van der Waals surface area contributed by atoms with E-state index in [2.05, 4.69) is 174 Å². The molecule has 110 heavy (non-hydrogen) atoms. The first-order valence-electron chi connectivity index (χ1n) is 41.7. The van der Waals surface area contributed by atoms with Crippen LogP contribution in [-0.4, -0.2) is 96.7 Å². The molecule has 0 fully saturated rings. The minimum Gasteiger partial charge on any atom is -0.462 e. The normalized spacial score (nSPS) is 14.8. The number of aliphatic hydroxyl groups excluding tert-OH is 1. The molecular weight excluding hydrogens is 1430 g/mol. The monoisotopic (exact) mass is 1570 g/mol. The number of carbonyl (C=O) groups is 4. The smallest absolute Gasteiger partial charge is 0.462 e. The van der Waals surface area contributed by atoms with Crippen LogP contribution in [0.1, 0.15) is 297 Å².